The third kappa shape index (κ3) is 3.42. The predicted molar refractivity (Wildman–Crippen MR) is 118 cm³/mol. The van der Waals surface area contributed by atoms with E-state index in [1.54, 1.807) is 23.7 Å². The number of hydrogen-bond donors (Lipinski definition) is 1. The molecule has 29 heavy (non-hydrogen) atoms. The van der Waals surface area contributed by atoms with Gasteiger partial charge in [0.05, 0.1) is 29.0 Å². The third-order valence-corrected chi connectivity index (χ3v) is 7.52. The van der Waals surface area contributed by atoms with Gasteiger partial charge in [0.1, 0.15) is 16.0 Å². The highest BCUT2D eigenvalue weighted by molar-refractivity contribution is 7.18. The van der Waals surface area contributed by atoms with Gasteiger partial charge in [-0.2, -0.15) is 0 Å². The van der Waals surface area contributed by atoms with Crippen molar-refractivity contribution in [3.8, 4) is 0 Å². The number of aryl methyl sites for hydroxylation is 2. The standard InChI is InChI=1S/C22H26N6S/c1-13-10-24-17(14(2)26-13)6-16(23)19-11-25-18-7-20(29-21(18)27-19)15-8-22(9-15)4-5-28(3)12-22/h6-7,10-11,15H,4-5,8-9,12,23H2,1-3H3/b16-6-. The first-order valence-electron chi connectivity index (χ1n) is 10.1. The topological polar surface area (TPSA) is 80.8 Å². The van der Waals surface area contributed by atoms with E-state index >= 15 is 0 Å². The van der Waals surface area contributed by atoms with Gasteiger partial charge in [0.2, 0.25) is 0 Å². The van der Waals surface area contributed by atoms with Crippen molar-refractivity contribution in [2.24, 2.45) is 11.1 Å². The molecular formula is C22H26N6S. The fourth-order valence-electron chi connectivity index (χ4n) is 4.82. The molecule has 1 spiro atoms. The Balaban J connectivity index is 1.38. The lowest BCUT2D eigenvalue weighted by Gasteiger charge is -2.45. The quantitative estimate of drug-likeness (QED) is 0.713. The van der Waals surface area contributed by atoms with Crippen LogP contribution in [0.5, 0.6) is 0 Å². The molecule has 1 aliphatic heterocycles. The number of thiophene rings is 1. The molecular weight excluding hydrogens is 380 g/mol. The number of nitrogens with zero attached hydrogens (tertiary/aromatic N) is 5. The fourth-order valence-corrected chi connectivity index (χ4v) is 5.91. The van der Waals surface area contributed by atoms with Crippen molar-refractivity contribution in [2.45, 2.75) is 39.0 Å². The highest BCUT2D eigenvalue weighted by Gasteiger charge is 2.48. The van der Waals surface area contributed by atoms with E-state index in [2.05, 4.69) is 33.0 Å². The van der Waals surface area contributed by atoms with Crippen molar-refractivity contribution in [3.05, 3.63) is 46.1 Å². The Bertz CT molecular complexity index is 1110. The van der Waals surface area contributed by atoms with Gasteiger partial charge in [-0.3, -0.25) is 15.0 Å². The summed E-state index contributed by atoms with van der Waals surface area (Å²) in [4.78, 5) is 23.1. The van der Waals surface area contributed by atoms with Crippen LogP contribution in [0.25, 0.3) is 22.1 Å². The van der Waals surface area contributed by atoms with Crippen LogP contribution < -0.4 is 5.73 Å². The number of nitrogens with two attached hydrogens (primary N) is 1. The molecule has 2 N–H and O–H groups in total. The summed E-state index contributed by atoms with van der Waals surface area (Å²) in [6.45, 7) is 6.35. The van der Waals surface area contributed by atoms with Crippen LogP contribution in [0.1, 0.15) is 52.8 Å². The summed E-state index contributed by atoms with van der Waals surface area (Å²) in [5.41, 5.74) is 11.6. The van der Waals surface area contributed by atoms with Crippen molar-refractivity contribution >= 4 is 33.5 Å². The Kier molecular flexibility index (Phi) is 4.40. The predicted octanol–water partition coefficient (Wildman–Crippen LogP) is 3.75. The fraction of sp³-hybridized carbons (Fsp3) is 0.455. The van der Waals surface area contributed by atoms with Crippen molar-refractivity contribution in [1.29, 1.82) is 0 Å². The van der Waals surface area contributed by atoms with E-state index in [0.717, 1.165) is 27.4 Å². The van der Waals surface area contributed by atoms with Gasteiger partial charge in [0.25, 0.3) is 0 Å². The maximum Gasteiger partial charge on any atom is 0.142 e. The van der Waals surface area contributed by atoms with Crippen LogP contribution in [0, 0.1) is 19.3 Å². The number of hydrogen-bond acceptors (Lipinski definition) is 7. The summed E-state index contributed by atoms with van der Waals surface area (Å²) in [6, 6.07) is 2.22. The second kappa shape index (κ2) is 6.85. The summed E-state index contributed by atoms with van der Waals surface area (Å²) in [5, 5.41) is 0. The molecule has 3 aromatic rings. The normalized spacial score (nSPS) is 25.1. The van der Waals surface area contributed by atoms with E-state index in [9.17, 15) is 0 Å². The van der Waals surface area contributed by atoms with Gasteiger partial charge in [-0.25, -0.2) is 4.98 Å². The van der Waals surface area contributed by atoms with E-state index < -0.39 is 0 Å². The molecule has 0 aromatic carbocycles. The molecule has 1 saturated carbocycles. The Labute approximate surface area is 174 Å². The van der Waals surface area contributed by atoms with Crippen LogP contribution in [0.3, 0.4) is 0 Å². The van der Waals surface area contributed by atoms with Gasteiger partial charge in [-0.05, 0) is 70.2 Å². The SMILES string of the molecule is Cc1cnc(/C=C(\N)c2cnc3cc(C4CC5(CCN(C)C5)C4)sc3n2)c(C)n1. The van der Waals surface area contributed by atoms with Crippen LogP contribution in [-0.2, 0) is 0 Å². The summed E-state index contributed by atoms with van der Waals surface area (Å²) in [7, 11) is 2.23. The average molecular weight is 407 g/mol. The average Bonchev–Trinajstić information content (AvgIpc) is 3.25. The van der Waals surface area contributed by atoms with Crippen molar-refractivity contribution in [2.75, 3.05) is 20.1 Å². The minimum Gasteiger partial charge on any atom is -0.397 e. The summed E-state index contributed by atoms with van der Waals surface area (Å²) in [6.07, 6.45) is 9.28. The van der Waals surface area contributed by atoms with Crippen LogP contribution in [0.2, 0.25) is 0 Å². The third-order valence-electron chi connectivity index (χ3n) is 6.34. The van der Waals surface area contributed by atoms with E-state index in [1.165, 1.54) is 37.2 Å². The van der Waals surface area contributed by atoms with Gasteiger partial charge in [0, 0.05) is 17.6 Å². The van der Waals surface area contributed by atoms with Crippen LogP contribution in [0.15, 0.2) is 18.5 Å². The first-order chi connectivity index (χ1) is 13.9. The van der Waals surface area contributed by atoms with E-state index in [4.69, 9.17) is 10.7 Å². The molecule has 2 aliphatic rings. The van der Waals surface area contributed by atoms with Gasteiger partial charge >= 0.3 is 0 Å². The van der Waals surface area contributed by atoms with Gasteiger partial charge in [-0.15, -0.1) is 11.3 Å². The van der Waals surface area contributed by atoms with Crippen LogP contribution in [-0.4, -0.2) is 45.0 Å². The molecule has 0 bridgehead atoms. The molecule has 1 aliphatic carbocycles. The second-order valence-electron chi connectivity index (χ2n) is 8.77. The molecule has 0 unspecified atom stereocenters. The van der Waals surface area contributed by atoms with E-state index in [0.29, 0.717) is 22.7 Å². The Hall–Kier alpha value is -2.38. The lowest BCUT2D eigenvalue weighted by Crippen LogP contribution is -2.37. The molecule has 4 heterocycles. The minimum atomic E-state index is 0.557. The second-order valence-corrected chi connectivity index (χ2v) is 9.83. The molecule has 6 nitrogen and oxygen atoms in total. The highest BCUT2D eigenvalue weighted by Crippen LogP contribution is 2.56. The molecule has 0 radical (unpaired) electrons. The summed E-state index contributed by atoms with van der Waals surface area (Å²) < 4.78 is 0. The molecule has 0 amide bonds. The molecule has 3 aromatic heterocycles. The molecule has 7 heteroatoms. The van der Waals surface area contributed by atoms with Crippen LogP contribution in [0.4, 0.5) is 0 Å². The zero-order valence-corrected chi connectivity index (χ0v) is 18.0. The first-order valence-corrected chi connectivity index (χ1v) is 11.0. The summed E-state index contributed by atoms with van der Waals surface area (Å²) in [5.74, 6) is 0.657. The molecule has 2 fully saturated rings. The molecule has 1 saturated heterocycles. The Morgan fingerprint density at radius 2 is 2.07 bits per heavy atom. The maximum atomic E-state index is 6.31. The number of rotatable bonds is 3. The van der Waals surface area contributed by atoms with Crippen molar-refractivity contribution in [1.82, 2.24) is 24.8 Å². The maximum absolute atomic E-state index is 6.31. The number of likely N-dealkylation sites (tertiary alicyclic amines) is 1. The number of fused-ring (bicyclic) bond motifs is 1. The molecule has 5 rings (SSSR count). The largest absolute Gasteiger partial charge is 0.397 e. The van der Waals surface area contributed by atoms with Gasteiger partial charge in [0.15, 0.2) is 0 Å². The first kappa shape index (κ1) is 18.6. The summed E-state index contributed by atoms with van der Waals surface area (Å²) >= 11 is 1.77. The zero-order valence-electron chi connectivity index (χ0n) is 17.1. The zero-order chi connectivity index (χ0) is 20.2. The van der Waals surface area contributed by atoms with Gasteiger partial charge in [-0.1, -0.05) is 0 Å². The highest BCUT2D eigenvalue weighted by atomic mass is 32.1. The van der Waals surface area contributed by atoms with Crippen molar-refractivity contribution in [3.63, 3.8) is 0 Å². The molecule has 150 valence electrons. The van der Waals surface area contributed by atoms with Crippen LogP contribution >= 0.6 is 11.3 Å². The monoisotopic (exact) mass is 406 g/mol. The number of aromatic nitrogens is 4. The van der Waals surface area contributed by atoms with E-state index in [1.807, 2.05) is 19.9 Å². The Morgan fingerprint density at radius 1 is 1.24 bits per heavy atom. The lowest BCUT2D eigenvalue weighted by molar-refractivity contribution is 0.115. The smallest absolute Gasteiger partial charge is 0.142 e. The Morgan fingerprint density at radius 3 is 2.79 bits per heavy atom. The van der Waals surface area contributed by atoms with Gasteiger partial charge < -0.3 is 10.6 Å². The minimum absolute atomic E-state index is 0.557. The van der Waals surface area contributed by atoms with Crippen molar-refractivity contribution < 1.29 is 0 Å². The van der Waals surface area contributed by atoms with E-state index in [-0.39, 0.29) is 0 Å². The lowest BCUT2D eigenvalue weighted by atomic mass is 9.61. The molecule has 0 atom stereocenters.